The summed E-state index contributed by atoms with van der Waals surface area (Å²) in [5.41, 5.74) is 4.67. The van der Waals surface area contributed by atoms with Crippen LogP contribution in [0.5, 0.6) is 0 Å². The van der Waals surface area contributed by atoms with Crippen molar-refractivity contribution in [3.8, 4) is 11.1 Å². The number of hydrogen-bond donors (Lipinski definition) is 2. The Kier molecular flexibility index (Phi) is 7.70. The first-order valence-corrected chi connectivity index (χ1v) is 11.9. The van der Waals surface area contributed by atoms with Crippen molar-refractivity contribution in [1.29, 1.82) is 0 Å². The Morgan fingerprint density at radius 1 is 0.829 bits per heavy atom. The molecule has 0 spiro atoms. The van der Waals surface area contributed by atoms with Crippen molar-refractivity contribution in [3.05, 3.63) is 112 Å². The number of nitrogens with zero attached hydrogens (tertiary/aromatic N) is 2. The summed E-state index contributed by atoms with van der Waals surface area (Å²) < 4.78 is 0.815. The van der Waals surface area contributed by atoms with Gasteiger partial charge >= 0.3 is 0 Å². The second-order valence-corrected chi connectivity index (χ2v) is 9.20. The quantitative estimate of drug-likeness (QED) is 0.305. The number of nitrogens with one attached hydrogen (secondary N) is 2. The minimum Gasteiger partial charge on any atom is -0.321 e. The molecule has 4 rings (SSSR count). The van der Waals surface area contributed by atoms with E-state index in [9.17, 15) is 9.59 Å². The van der Waals surface area contributed by atoms with Crippen LogP contribution in [0.1, 0.15) is 26.3 Å². The molecule has 0 radical (unpaired) electrons. The van der Waals surface area contributed by atoms with Crippen LogP contribution in [0.15, 0.2) is 95.6 Å². The number of carbonyl (C=O) groups is 2. The second-order valence-electron chi connectivity index (χ2n) is 8.29. The van der Waals surface area contributed by atoms with E-state index in [2.05, 4.69) is 48.6 Å². The molecule has 0 aliphatic heterocycles. The van der Waals surface area contributed by atoms with Crippen molar-refractivity contribution in [2.45, 2.75) is 6.54 Å². The van der Waals surface area contributed by atoms with Crippen molar-refractivity contribution in [3.63, 3.8) is 0 Å². The molecule has 0 bridgehead atoms. The van der Waals surface area contributed by atoms with Crippen LogP contribution in [-0.4, -0.2) is 35.8 Å². The molecule has 0 aliphatic rings. The maximum absolute atomic E-state index is 13.0. The molecule has 0 fully saturated rings. The van der Waals surface area contributed by atoms with Crippen molar-refractivity contribution in [2.24, 2.45) is 0 Å². The summed E-state index contributed by atoms with van der Waals surface area (Å²) in [7, 11) is 4.08. The van der Waals surface area contributed by atoms with Crippen LogP contribution >= 0.6 is 15.9 Å². The van der Waals surface area contributed by atoms with Gasteiger partial charge in [0.15, 0.2) is 0 Å². The van der Waals surface area contributed by atoms with Gasteiger partial charge in [-0.2, -0.15) is 0 Å². The number of hydrogen-bond acceptors (Lipinski definition) is 4. The lowest BCUT2D eigenvalue weighted by Crippen LogP contribution is -2.18. The molecule has 35 heavy (non-hydrogen) atoms. The van der Waals surface area contributed by atoms with Crippen LogP contribution in [0.4, 0.5) is 11.5 Å². The van der Waals surface area contributed by atoms with Crippen molar-refractivity contribution >= 4 is 39.2 Å². The molecule has 0 saturated carbocycles. The minimum absolute atomic E-state index is 0.292. The Morgan fingerprint density at radius 2 is 1.54 bits per heavy atom. The topological polar surface area (TPSA) is 74.3 Å². The Labute approximate surface area is 213 Å². The van der Waals surface area contributed by atoms with E-state index in [1.54, 1.807) is 54.7 Å². The van der Waals surface area contributed by atoms with Gasteiger partial charge in [-0.05, 0) is 83.1 Å². The van der Waals surface area contributed by atoms with Gasteiger partial charge in [-0.1, -0.05) is 48.5 Å². The van der Waals surface area contributed by atoms with Gasteiger partial charge in [0, 0.05) is 22.8 Å². The molecule has 4 aromatic rings. The third kappa shape index (κ3) is 6.20. The van der Waals surface area contributed by atoms with E-state index >= 15 is 0 Å². The third-order valence-electron chi connectivity index (χ3n) is 5.35. The normalized spacial score (nSPS) is 10.7. The van der Waals surface area contributed by atoms with Gasteiger partial charge in [0.1, 0.15) is 5.82 Å². The molecule has 2 amide bonds. The number of pyridine rings is 1. The SMILES string of the molecule is CN(C)Cc1ccccc1-c1ccc(C(=O)Nc2ccccc2C(=O)Nc2ccc(Br)cn2)cc1. The first-order chi connectivity index (χ1) is 16.9. The van der Waals surface area contributed by atoms with E-state index in [4.69, 9.17) is 0 Å². The summed E-state index contributed by atoms with van der Waals surface area (Å²) in [4.78, 5) is 32.1. The summed E-state index contributed by atoms with van der Waals surface area (Å²) in [6, 6.07) is 26.1. The van der Waals surface area contributed by atoms with E-state index < -0.39 is 0 Å². The Hall–Kier alpha value is -3.81. The molecule has 0 atom stereocenters. The van der Waals surface area contributed by atoms with Crippen LogP contribution in [0.3, 0.4) is 0 Å². The summed E-state index contributed by atoms with van der Waals surface area (Å²) in [5, 5.41) is 5.62. The Bertz CT molecular complexity index is 1340. The molecule has 1 aromatic heterocycles. The zero-order valence-electron chi connectivity index (χ0n) is 19.5. The smallest absolute Gasteiger partial charge is 0.258 e. The fourth-order valence-corrected chi connectivity index (χ4v) is 3.93. The predicted molar refractivity (Wildman–Crippen MR) is 144 cm³/mol. The zero-order valence-corrected chi connectivity index (χ0v) is 21.0. The Morgan fingerprint density at radius 3 is 2.26 bits per heavy atom. The number of anilines is 2. The van der Waals surface area contributed by atoms with E-state index in [-0.39, 0.29) is 11.8 Å². The van der Waals surface area contributed by atoms with Gasteiger partial charge in [-0.3, -0.25) is 9.59 Å². The standard InChI is InChI=1S/C28H25BrN4O2/c1-33(2)18-21-7-3-4-8-23(21)19-11-13-20(14-12-19)27(34)31-25-10-6-5-9-24(25)28(35)32-26-16-15-22(29)17-30-26/h3-17H,18H2,1-2H3,(H,31,34)(H,30,32,35). The zero-order chi connectivity index (χ0) is 24.8. The van der Waals surface area contributed by atoms with Gasteiger partial charge in [0.25, 0.3) is 11.8 Å². The fourth-order valence-electron chi connectivity index (χ4n) is 3.70. The van der Waals surface area contributed by atoms with Crippen LogP contribution in [0.2, 0.25) is 0 Å². The lowest BCUT2D eigenvalue weighted by Gasteiger charge is -2.15. The number of carbonyl (C=O) groups excluding carboxylic acids is 2. The van der Waals surface area contributed by atoms with Crippen LogP contribution < -0.4 is 10.6 Å². The predicted octanol–water partition coefficient (Wildman–Crippen LogP) is 6.08. The highest BCUT2D eigenvalue weighted by Gasteiger charge is 2.15. The summed E-state index contributed by atoms with van der Waals surface area (Å²) in [5.74, 6) is -0.229. The second kappa shape index (κ2) is 11.1. The van der Waals surface area contributed by atoms with Crippen LogP contribution in [0.25, 0.3) is 11.1 Å². The number of rotatable bonds is 7. The average Bonchev–Trinajstić information content (AvgIpc) is 2.86. The summed E-state index contributed by atoms with van der Waals surface area (Å²) in [6.07, 6.45) is 1.60. The molecule has 2 N–H and O–H groups in total. The first-order valence-electron chi connectivity index (χ1n) is 11.1. The molecule has 3 aromatic carbocycles. The first kappa shape index (κ1) is 24.3. The highest BCUT2D eigenvalue weighted by Crippen LogP contribution is 2.25. The average molecular weight is 529 g/mol. The fraction of sp³-hybridized carbons (Fsp3) is 0.107. The highest BCUT2D eigenvalue weighted by atomic mass is 79.9. The molecule has 7 heteroatoms. The molecule has 0 unspecified atom stereocenters. The lowest BCUT2D eigenvalue weighted by atomic mass is 9.98. The largest absolute Gasteiger partial charge is 0.321 e. The van der Waals surface area contributed by atoms with Crippen LogP contribution in [-0.2, 0) is 6.54 Å². The highest BCUT2D eigenvalue weighted by molar-refractivity contribution is 9.10. The van der Waals surface area contributed by atoms with E-state index in [1.165, 1.54) is 5.56 Å². The Balaban J connectivity index is 1.50. The van der Waals surface area contributed by atoms with Gasteiger partial charge in [0.05, 0.1) is 11.3 Å². The molecule has 1 heterocycles. The molecular weight excluding hydrogens is 504 g/mol. The molecule has 176 valence electrons. The number of benzene rings is 3. The number of amides is 2. The number of para-hydroxylation sites is 1. The van der Waals surface area contributed by atoms with E-state index in [1.807, 2.05) is 38.4 Å². The van der Waals surface area contributed by atoms with E-state index in [0.717, 1.165) is 22.1 Å². The minimum atomic E-state index is -0.358. The molecular formula is C28H25BrN4O2. The maximum atomic E-state index is 13.0. The van der Waals surface area contributed by atoms with Crippen molar-refractivity contribution in [2.75, 3.05) is 24.7 Å². The summed E-state index contributed by atoms with van der Waals surface area (Å²) >= 11 is 3.32. The van der Waals surface area contributed by atoms with Gasteiger partial charge in [0.2, 0.25) is 0 Å². The maximum Gasteiger partial charge on any atom is 0.258 e. The van der Waals surface area contributed by atoms with Crippen molar-refractivity contribution in [1.82, 2.24) is 9.88 Å². The van der Waals surface area contributed by atoms with Gasteiger partial charge in [-0.15, -0.1) is 0 Å². The monoisotopic (exact) mass is 528 g/mol. The third-order valence-corrected chi connectivity index (χ3v) is 5.82. The van der Waals surface area contributed by atoms with Crippen molar-refractivity contribution < 1.29 is 9.59 Å². The van der Waals surface area contributed by atoms with Gasteiger partial charge < -0.3 is 15.5 Å². The van der Waals surface area contributed by atoms with Crippen LogP contribution in [0, 0.1) is 0 Å². The van der Waals surface area contributed by atoms with Gasteiger partial charge in [-0.25, -0.2) is 4.98 Å². The van der Waals surface area contributed by atoms with E-state index in [0.29, 0.717) is 22.6 Å². The molecule has 0 aliphatic carbocycles. The molecule has 0 saturated heterocycles. The molecule has 6 nitrogen and oxygen atoms in total. The number of halogens is 1. The number of aromatic nitrogens is 1. The summed E-state index contributed by atoms with van der Waals surface area (Å²) in [6.45, 7) is 0.826. The lowest BCUT2D eigenvalue weighted by molar-refractivity contribution is 0.102.